The zero-order valence-electron chi connectivity index (χ0n) is 21.9. The molecule has 0 spiro atoms. The number of aromatic nitrogens is 2. The van der Waals surface area contributed by atoms with Crippen molar-refractivity contribution in [3.63, 3.8) is 0 Å². The molecule has 3 heterocycles. The molecular weight excluding hydrogens is 566 g/mol. The van der Waals surface area contributed by atoms with Crippen molar-refractivity contribution in [2.45, 2.75) is 35.2 Å². The lowest BCUT2D eigenvalue weighted by Gasteiger charge is -2.38. The molecule has 1 aliphatic heterocycles. The van der Waals surface area contributed by atoms with E-state index in [0.717, 1.165) is 15.6 Å². The van der Waals surface area contributed by atoms with E-state index in [4.69, 9.17) is 4.74 Å². The van der Waals surface area contributed by atoms with Crippen LogP contribution >= 0.6 is 11.3 Å². The van der Waals surface area contributed by atoms with Crippen LogP contribution in [0.25, 0.3) is 0 Å². The van der Waals surface area contributed by atoms with Crippen LogP contribution in [0.3, 0.4) is 0 Å². The number of hydrogen-bond donors (Lipinski definition) is 2. The van der Waals surface area contributed by atoms with E-state index in [2.05, 4.69) is 9.71 Å². The predicted molar refractivity (Wildman–Crippen MR) is 146 cm³/mol. The van der Waals surface area contributed by atoms with Crippen molar-refractivity contribution in [2.24, 2.45) is 13.0 Å². The molecule has 1 aliphatic rings. The van der Waals surface area contributed by atoms with Gasteiger partial charge in [0.05, 0.1) is 36.8 Å². The largest absolute Gasteiger partial charge is 0.486 e. The lowest BCUT2D eigenvalue weighted by atomic mass is 9.99. The Kier molecular flexibility index (Phi) is 8.37. The number of thiophene rings is 1. The predicted octanol–water partition coefficient (Wildman–Crippen LogP) is 1.82. The minimum atomic E-state index is -3.98. The number of hydrogen-bond acceptors (Lipinski definition) is 9. The third-order valence-electron chi connectivity index (χ3n) is 6.49. The van der Waals surface area contributed by atoms with E-state index in [-0.39, 0.29) is 45.9 Å². The van der Waals surface area contributed by atoms with Crippen LogP contribution in [0.5, 0.6) is 5.75 Å². The Bertz CT molecular complexity index is 1540. The Morgan fingerprint density at radius 2 is 2.00 bits per heavy atom. The number of carbonyl (C=O) groups is 1. The smallest absolute Gasteiger partial charge is 0.271 e. The molecule has 0 fully saturated rings. The first-order chi connectivity index (χ1) is 18.3. The molecule has 1 aromatic carbocycles. The van der Waals surface area contributed by atoms with Crippen LogP contribution in [0.15, 0.2) is 57.5 Å². The van der Waals surface area contributed by atoms with Gasteiger partial charge in [-0.05, 0) is 30.5 Å². The molecule has 4 rings (SSSR count). The third kappa shape index (κ3) is 5.96. The number of carbonyl (C=O) groups excluding carboxylic acids is 1. The van der Waals surface area contributed by atoms with Gasteiger partial charge in [-0.3, -0.25) is 9.52 Å². The molecule has 0 radical (unpaired) electrons. The summed E-state index contributed by atoms with van der Waals surface area (Å²) in [6.45, 7) is 3.27. The summed E-state index contributed by atoms with van der Waals surface area (Å²) >= 11 is 1.04. The highest BCUT2D eigenvalue weighted by Gasteiger charge is 2.37. The number of aliphatic hydroxyl groups is 1. The maximum atomic E-state index is 13.6. The minimum absolute atomic E-state index is 0.0158. The van der Waals surface area contributed by atoms with Crippen LogP contribution in [-0.2, 0) is 27.1 Å². The van der Waals surface area contributed by atoms with Gasteiger partial charge in [0.15, 0.2) is 10.8 Å². The first-order valence-electron chi connectivity index (χ1n) is 12.1. The molecular formula is C24H31N5O7S3. The number of likely N-dealkylation sites (N-methyl/N-ethyl adjacent to an activating group) is 1. The van der Waals surface area contributed by atoms with Gasteiger partial charge in [-0.25, -0.2) is 21.8 Å². The van der Waals surface area contributed by atoms with Crippen molar-refractivity contribution < 1.29 is 31.5 Å². The molecule has 3 atom stereocenters. The highest BCUT2D eigenvalue weighted by Crippen LogP contribution is 2.36. The number of aryl methyl sites for hydroxylation is 1. The van der Waals surface area contributed by atoms with Crippen LogP contribution in [0.2, 0.25) is 0 Å². The van der Waals surface area contributed by atoms with E-state index in [1.807, 2.05) is 0 Å². The van der Waals surface area contributed by atoms with Crippen LogP contribution in [0, 0.1) is 5.92 Å². The first-order valence-corrected chi connectivity index (χ1v) is 15.9. The highest BCUT2D eigenvalue weighted by atomic mass is 32.2. The molecule has 39 heavy (non-hydrogen) atoms. The summed E-state index contributed by atoms with van der Waals surface area (Å²) in [4.78, 5) is 19.1. The Labute approximate surface area is 231 Å². The average Bonchev–Trinajstić information content (AvgIpc) is 3.59. The van der Waals surface area contributed by atoms with Crippen molar-refractivity contribution >= 4 is 43.0 Å². The number of sulfonamides is 2. The molecule has 3 aromatic rings. The molecule has 0 saturated heterocycles. The summed E-state index contributed by atoms with van der Waals surface area (Å²) in [6.07, 6.45) is 1.99. The number of para-hydroxylation sites is 1. The van der Waals surface area contributed by atoms with Crippen molar-refractivity contribution in [3.8, 4) is 5.75 Å². The second-order valence-electron chi connectivity index (χ2n) is 9.51. The number of rotatable bonds is 9. The SMILES string of the molecule is C[C@H](CO)N1C[C@H](C)[C@H](CN(C)S(=O)(=O)c2cn(C)cn2)Oc2c(NS(=O)(=O)c3cccs3)cccc2C1=O. The van der Waals surface area contributed by atoms with E-state index in [9.17, 15) is 26.7 Å². The van der Waals surface area contributed by atoms with Gasteiger partial charge in [0.1, 0.15) is 10.3 Å². The lowest BCUT2D eigenvalue weighted by Crippen LogP contribution is -2.50. The van der Waals surface area contributed by atoms with Gasteiger partial charge >= 0.3 is 0 Å². The van der Waals surface area contributed by atoms with Crippen LogP contribution in [-0.4, -0.2) is 85.5 Å². The van der Waals surface area contributed by atoms with Crippen molar-refractivity contribution in [1.82, 2.24) is 18.8 Å². The summed E-state index contributed by atoms with van der Waals surface area (Å²) in [5.41, 5.74) is 0.133. The molecule has 212 valence electrons. The summed E-state index contributed by atoms with van der Waals surface area (Å²) < 4.78 is 64.0. The minimum Gasteiger partial charge on any atom is -0.486 e. The molecule has 0 unspecified atom stereocenters. The van der Waals surface area contributed by atoms with E-state index in [1.54, 1.807) is 32.3 Å². The number of amides is 1. The number of fused-ring (bicyclic) bond motifs is 1. The van der Waals surface area contributed by atoms with Crippen molar-refractivity contribution in [3.05, 3.63) is 53.8 Å². The van der Waals surface area contributed by atoms with E-state index in [1.165, 1.54) is 53.3 Å². The number of anilines is 1. The van der Waals surface area contributed by atoms with Crippen LogP contribution in [0.4, 0.5) is 5.69 Å². The fourth-order valence-corrected chi connectivity index (χ4v) is 7.38. The van der Waals surface area contributed by atoms with Gasteiger partial charge in [-0.2, -0.15) is 4.31 Å². The summed E-state index contributed by atoms with van der Waals surface area (Å²) in [5.74, 6) is -0.860. The second kappa shape index (κ2) is 11.3. The molecule has 1 amide bonds. The summed E-state index contributed by atoms with van der Waals surface area (Å²) in [6, 6.07) is 7.05. The molecule has 2 aromatic heterocycles. The van der Waals surface area contributed by atoms with E-state index in [0.29, 0.717) is 0 Å². The number of ether oxygens (including phenoxy) is 1. The number of imidazole rings is 1. The van der Waals surface area contributed by atoms with Gasteiger partial charge < -0.3 is 19.3 Å². The summed E-state index contributed by atoms with van der Waals surface area (Å²) in [5, 5.41) is 11.4. The van der Waals surface area contributed by atoms with E-state index < -0.39 is 44.0 Å². The normalized spacial score (nSPS) is 19.2. The third-order valence-corrected chi connectivity index (χ3v) is 11.0. The maximum Gasteiger partial charge on any atom is 0.271 e. The zero-order valence-corrected chi connectivity index (χ0v) is 24.3. The van der Waals surface area contributed by atoms with Gasteiger partial charge in [0.2, 0.25) is 0 Å². The molecule has 12 nitrogen and oxygen atoms in total. The maximum absolute atomic E-state index is 13.6. The number of benzene rings is 1. The zero-order chi connectivity index (χ0) is 28.5. The molecule has 0 saturated carbocycles. The van der Waals surface area contributed by atoms with Gasteiger partial charge in [0, 0.05) is 32.8 Å². The van der Waals surface area contributed by atoms with E-state index >= 15 is 0 Å². The topological polar surface area (TPSA) is 151 Å². The number of nitrogens with zero attached hydrogens (tertiary/aromatic N) is 4. The molecule has 0 bridgehead atoms. The Balaban J connectivity index is 1.76. The average molecular weight is 598 g/mol. The Morgan fingerprint density at radius 1 is 1.26 bits per heavy atom. The van der Waals surface area contributed by atoms with Crippen molar-refractivity contribution in [1.29, 1.82) is 0 Å². The Morgan fingerprint density at radius 3 is 2.62 bits per heavy atom. The van der Waals surface area contributed by atoms with Gasteiger partial charge in [-0.15, -0.1) is 11.3 Å². The second-order valence-corrected chi connectivity index (χ2v) is 14.4. The number of aliphatic hydroxyl groups excluding tert-OH is 1. The monoisotopic (exact) mass is 597 g/mol. The fourth-order valence-electron chi connectivity index (χ4n) is 4.19. The first kappa shape index (κ1) is 29.0. The van der Waals surface area contributed by atoms with Crippen molar-refractivity contribution in [2.75, 3.05) is 31.5 Å². The van der Waals surface area contributed by atoms with Crippen LogP contribution < -0.4 is 9.46 Å². The molecule has 15 heteroatoms. The molecule has 0 aliphatic carbocycles. The van der Waals surface area contributed by atoms with Gasteiger partial charge in [0.25, 0.3) is 26.0 Å². The fraction of sp³-hybridized carbons (Fsp3) is 0.417. The summed E-state index contributed by atoms with van der Waals surface area (Å²) in [7, 11) is -4.87. The standard InChI is InChI=1S/C24H31N5O7S3/c1-16-11-29(17(2)14-30)24(31)18-7-5-8-19(26-38(32,33)22-9-6-10-37-22)23(18)36-20(16)12-28(4)39(34,35)21-13-27(3)15-25-21/h5-10,13,15-17,20,26,30H,11-12,14H2,1-4H3/t16-,17+,20-/m0/s1. The molecule has 2 N–H and O–H groups in total. The number of nitrogens with one attached hydrogen (secondary N) is 1. The Hall–Kier alpha value is -2.98. The van der Waals surface area contributed by atoms with Crippen LogP contribution in [0.1, 0.15) is 24.2 Å². The lowest BCUT2D eigenvalue weighted by molar-refractivity contribution is 0.0389. The highest BCUT2D eigenvalue weighted by molar-refractivity contribution is 7.94. The van der Waals surface area contributed by atoms with Gasteiger partial charge in [-0.1, -0.05) is 19.1 Å². The quantitative estimate of drug-likeness (QED) is 0.379.